The van der Waals surface area contributed by atoms with Crippen LogP contribution in [0.3, 0.4) is 0 Å². The number of carbonyl (C=O) groups is 1. The molecule has 3 rings (SSSR count). The number of nitrogens with one attached hydrogen (secondary N) is 2. The van der Waals surface area contributed by atoms with Crippen molar-refractivity contribution in [1.82, 2.24) is 19.9 Å². The second kappa shape index (κ2) is 10.6. The molecular formula is C24H30N6O2. The summed E-state index contributed by atoms with van der Waals surface area (Å²) in [6.07, 6.45) is 3.22. The van der Waals surface area contributed by atoms with E-state index in [1.807, 2.05) is 31.2 Å². The molecule has 1 aromatic carbocycles. The minimum atomic E-state index is -0.308. The van der Waals surface area contributed by atoms with E-state index in [2.05, 4.69) is 39.7 Å². The molecule has 0 aliphatic carbocycles. The quantitative estimate of drug-likeness (QED) is 0.477. The highest BCUT2D eigenvalue weighted by molar-refractivity contribution is 5.75. The molecule has 2 aromatic heterocycles. The van der Waals surface area contributed by atoms with Gasteiger partial charge in [0.15, 0.2) is 5.82 Å². The zero-order valence-electron chi connectivity index (χ0n) is 18.8. The molecule has 8 heteroatoms. The van der Waals surface area contributed by atoms with Gasteiger partial charge in [0.05, 0.1) is 0 Å². The predicted octanol–water partition coefficient (Wildman–Crippen LogP) is 2.59. The second-order valence-corrected chi connectivity index (χ2v) is 7.84. The minimum absolute atomic E-state index is 0.0589. The molecule has 0 aliphatic heterocycles. The van der Waals surface area contributed by atoms with E-state index < -0.39 is 0 Å². The standard InChI is InChI=1S/C24H30N6O2/c1-4-20(12-18-8-6-5-7-9-18)29-23-24(32)30(16(2)13-27-23)15-22(31)26-14-19-10-11-21(25)28-17(19)3/h5-11,13,20H,4,12,14-15H2,1-3H3,(H2,25,28)(H,26,31)(H,27,29). The lowest BCUT2D eigenvalue weighted by Crippen LogP contribution is -2.36. The summed E-state index contributed by atoms with van der Waals surface area (Å²) < 4.78 is 1.44. The third-order valence-corrected chi connectivity index (χ3v) is 5.41. The van der Waals surface area contributed by atoms with Crippen molar-refractivity contribution in [1.29, 1.82) is 0 Å². The summed E-state index contributed by atoms with van der Waals surface area (Å²) in [5.74, 6) is 0.430. The van der Waals surface area contributed by atoms with E-state index in [0.717, 1.165) is 24.1 Å². The topological polar surface area (TPSA) is 115 Å². The molecule has 0 saturated carbocycles. The Morgan fingerprint density at radius 1 is 1.16 bits per heavy atom. The molecule has 0 saturated heterocycles. The van der Waals surface area contributed by atoms with Crippen molar-refractivity contribution >= 4 is 17.5 Å². The maximum Gasteiger partial charge on any atom is 0.293 e. The Kier molecular flexibility index (Phi) is 7.59. The summed E-state index contributed by atoms with van der Waals surface area (Å²) in [4.78, 5) is 34.1. The van der Waals surface area contributed by atoms with E-state index >= 15 is 0 Å². The van der Waals surface area contributed by atoms with Gasteiger partial charge in [-0.25, -0.2) is 9.97 Å². The lowest BCUT2D eigenvalue weighted by Gasteiger charge is -2.19. The fraction of sp³-hybridized carbons (Fsp3) is 0.333. The smallest absolute Gasteiger partial charge is 0.293 e. The number of nitrogens with two attached hydrogens (primary N) is 1. The Labute approximate surface area is 187 Å². The molecule has 1 atom stereocenters. The van der Waals surface area contributed by atoms with Crippen molar-refractivity contribution in [2.45, 2.75) is 52.7 Å². The normalized spacial score (nSPS) is 11.7. The van der Waals surface area contributed by atoms with Crippen molar-refractivity contribution in [3.63, 3.8) is 0 Å². The Morgan fingerprint density at radius 3 is 2.59 bits per heavy atom. The van der Waals surface area contributed by atoms with Gasteiger partial charge in [-0.1, -0.05) is 43.3 Å². The number of aryl methyl sites for hydroxylation is 2. The van der Waals surface area contributed by atoms with Gasteiger partial charge < -0.3 is 16.4 Å². The molecule has 32 heavy (non-hydrogen) atoms. The molecule has 168 valence electrons. The van der Waals surface area contributed by atoms with Gasteiger partial charge >= 0.3 is 0 Å². The summed E-state index contributed by atoms with van der Waals surface area (Å²) in [5.41, 5.74) is 8.81. The van der Waals surface area contributed by atoms with Crippen LogP contribution in [0.25, 0.3) is 0 Å². The summed E-state index contributed by atoms with van der Waals surface area (Å²) in [7, 11) is 0. The van der Waals surface area contributed by atoms with Crippen molar-refractivity contribution in [3.8, 4) is 0 Å². The monoisotopic (exact) mass is 434 g/mol. The first-order chi connectivity index (χ1) is 15.4. The van der Waals surface area contributed by atoms with Gasteiger partial charge in [0, 0.05) is 30.2 Å². The SMILES string of the molecule is CCC(Cc1ccccc1)Nc1ncc(C)n(CC(=O)NCc2ccc(N)nc2C)c1=O. The molecule has 0 radical (unpaired) electrons. The van der Waals surface area contributed by atoms with Crippen molar-refractivity contribution in [3.05, 3.63) is 81.5 Å². The average molecular weight is 435 g/mol. The van der Waals surface area contributed by atoms with Gasteiger partial charge in [-0.05, 0) is 43.9 Å². The van der Waals surface area contributed by atoms with Crippen LogP contribution in [0.2, 0.25) is 0 Å². The molecule has 4 N–H and O–H groups in total. The van der Waals surface area contributed by atoms with E-state index in [9.17, 15) is 9.59 Å². The van der Waals surface area contributed by atoms with Crippen LogP contribution < -0.4 is 21.9 Å². The highest BCUT2D eigenvalue weighted by Crippen LogP contribution is 2.10. The summed E-state index contributed by atoms with van der Waals surface area (Å²) in [6.45, 7) is 5.90. The van der Waals surface area contributed by atoms with E-state index in [1.54, 1.807) is 19.2 Å². The van der Waals surface area contributed by atoms with Crippen LogP contribution in [0.15, 0.2) is 53.5 Å². The first-order valence-electron chi connectivity index (χ1n) is 10.7. The molecule has 8 nitrogen and oxygen atoms in total. The molecule has 1 amide bonds. The summed E-state index contributed by atoms with van der Waals surface area (Å²) >= 11 is 0. The lowest BCUT2D eigenvalue weighted by molar-refractivity contribution is -0.121. The number of hydrogen-bond donors (Lipinski definition) is 3. The van der Waals surface area contributed by atoms with Gasteiger partial charge in [-0.3, -0.25) is 14.2 Å². The van der Waals surface area contributed by atoms with E-state index in [0.29, 0.717) is 18.1 Å². The van der Waals surface area contributed by atoms with Crippen LogP contribution in [-0.2, 0) is 24.3 Å². The molecule has 0 fully saturated rings. The zero-order valence-corrected chi connectivity index (χ0v) is 18.8. The van der Waals surface area contributed by atoms with E-state index in [-0.39, 0.29) is 29.9 Å². The first kappa shape index (κ1) is 23.0. The lowest BCUT2D eigenvalue weighted by atomic mass is 10.0. The maximum absolute atomic E-state index is 13.0. The Hall–Kier alpha value is -3.68. The number of anilines is 2. The van der Waals surface area contributed by atoms with Crippen LogP contribution in [-0.4, -0.2) is 26.5 Å². The number of pyridine rings is 1. The molecular weight excluding hydrogens is 404 g/mol. The number of benzene rings is 1. The molecule has 1 unspecified atom stereocenters. The van der Waals surface area contributed by atoms with Crippen molar-refractivity contribution in [2.75, 3.05) is 11.1 Å². The Morgan fingerprint density at radius 2 is 1.91 bits per heavy atom. The fourth-order valence-electron chi connectivity index (χ4n) is 3.45. The van der Waals surface area contributed by atoms with E-state index in [4.69, 9.17) is 5.73 Å². The molecule has 0 aliphatic rings. The average Bonchev–Trinajstić information content (AvgIpc) is 2.78. The number of carbonyl (C=O) groups excluding carboxylic acids is 1. The van der Waals surface area contributed by atoms with Crippen LogP contribution in [0.1, 0.15) is 35.9 Å². The van der Waals surface area contributed by atoms with Crippen LogP contribution in [0.4, 0.5) is 11.6 Å². The molecule has 2 heterocycles. The molecule has 0 bridgehead atoms. The third-order valence-electron chi connectivity index (χ3n) is 5.41. The van der Waals surface area contributed by atoms with E-state index in [1.165, 1.54) is 10.1 Å². The van der Waals surface area contributed by atoms with Crippen LogP contribution in [0, 0.1) is 13.8 Å². The fourth-order valence-corrected chi connectivity index (χ4v) is 3.45. The number of aromatic nitrogens is 3. The number of amides is 1. The predicted molar refractivity (Wildman–Crippen MR) is 126 cm³/mol. The Balaban J connectivity index is 1.68. The maximum atomic E-state index is 13.0. The number of nitrogen functional groups attached to an aromatic ring is 1. The van der Waals surface area contributed by atoms with Gasteiger partial charge in [-0.2, -0.15) is 0 Å². The van der Waals surface area contributed by atoms with Gasteiger partial charge in [0.25, 0.3) is 5.56 Å². The van der Waals surface area contributed by atoms with Crippen molar-refractivity contribution in [2.24, 2.45) is 0 Å². The Bertz CT molecular complexity index is 1130. The highest BCUT2D eigenvalue weighted by Gasteiger charge is 2.15. The van der Waals surface area contributed by atoms with Crippen LogP contribution >= 0.6 is 0 Å². The number of nitrogens with zero attached hydrogens (tertiary/aromatic N) is 3. The van der Waals surface area contributed by atoms with Gasteiger partial charge in [0.1, 0.15) is 12.4 Å². The molecule has 3 aromatic rings. The summed E-state index contributed by atoms with van der Waals surface area (Å²) in [6, 6.07) is 13.7. The first-order valence-corrected chi connectivity index (χ1v) is 10.7. The largest absolute Gasteiger partial charge is 0.384 e. The third kappa shape index (κ3) is 5.94. The van der Waals surface area contributed by atoms with Gasteiger partial charge in [-0.15, -0.1) is 0 Å². The van der Waals surface area contributed by atoms with Gasteiger partial charge in [0.2, 0.25) is 5.91 Å². The second-order valence-electron chi connectivity index (χ2n) is 7.84. The molecule has 0 spiro atoms. The number of rotatable bonds is 9. The zero-order chi connectivity index (χ0) is 23.1. The van der Waals surface area contributed by atoms with Crippen LogP contribution in [0.5, 0.6) is 0 Å². The highest BCUT2D eigenvalue weighted by atomic mass is 16.2. The number of hydrogen-bond acceptors (Lipinski definition) is 6. The van der Waals surface area contributed by atoms with Crippen molar-refractivity contribution < 1.29 is 4.79 Å². The minimum Gasteiger partial charge on any atom is -0.384 e. The summed E-state index contributed by atoms with van der Waals surface area (Å²) in [5, 5.41) is 6.11.